The lowest BCUT2D eigenvalue weighted by Gasteiger charge is -2.32. The van der Waals surface area contributed by atoms with E-state index < -0.39 is 0 Å². The number of carbonyl (C=O) groups is 2. The van der Waals surface area contributed by atoms with Crippen molar-refractivity contribution in [3.05, 3.63) is 35.9 Å². The van der Waals surface area contributed by atoms with Crippen LogP contribution in [0.25, 0.3) is 0 Å². The molecule has 5 heteroatoms. The van der Waals surface area contributed by atoms with E-state index in [0.717, 1.165) is 25.9 Å². The van der Waals surface area contributed by atoms with Crippen LogP contribution in [0, 0.1) is 5.92 Å². The molecule has 5 nitrogen and oxygen atoms in total. The summed E-state index contributed by atoms with van der Waals surface area (Å²) in [6, 6.07) is 10.1. The topological polar surface area (TPSA) is 49.9 Å². The summed E-state index contributed by atoms with van der Waals surface area (Å²) >= 11 is 0. The molecule has 0 aliphatic carbocycles. The van der Waals surface area contributed by atoms with E-state index in [1.54, 1.807) is 4.90 Å². The van der Waals surface area contributed by atoms with E-state index in [4.69, 9.17) is 4.74 Å². The largest absolute Gasteiger partial charge is 0.466 e. The zero-order chi connectivity index (χ0) is 16.7. The van der Waals surface area contributed by atoms with Crippen molar-refractivity contribution >= 4 is 11.9 Å². The van der Waals surface area contributed by atoms with E-state index in [9.17, 15) is 9.59 Å². The molecule has 1 amide bonds. The average Bonchev–Trinajstić information content (AvgIpc) is 2.56. The van der Waals surface area contributed by atoms with Crippen LogP contribution in [-0.4, -0.2) is 55.0 Å². The molecule has 1 aromatic carbocycles. The van der Waals surface area contributed by atoms with Gasteiger partial charge in [0.05, 0.1) is 19.1 Å². The maximum atomic E-state index is 12.5. The molecule has 1 aliphatic heterocycles. The predicted octanol–water partition coefficient (Wildman–Crippen LogP) is 1.92. The van der Waals surface area contributed by atoms with Gasteiger partial charge in [-0.15, -0.1) is 0 Å². The molecule has 0 radical (unpaired) electrons. The van der Waals surface area contributed by atoms with E-state index in [-0.39, 0.29) is 17.8 Å². The van der Waals surface area contributed by atoms with Gasteiger partial charge in [0.15, 0.2) is 0 Å². The van der Waals surface area contributed by atoms with E-state index in [0.29, 0.717) is 19.7 Å². The average molecular weight is 318 g/mol. The van der Waals surface area contributed by atoms with Gasteiger partial charge in [-0.25, -0.2) is 0 Å². The highest BCUT2D eigenvalue weighted by molar-refractivity contribution is 5.80. The summed E-state index contributed by atoms with van der Waals surface area (Å²) in [6.07, 6.45) is 1.67. The minimum absolute atomic E-state index is 0.0810. The van der Waals surface area contributed by atoms with Crippen molar-refractivity contribution in [2.75, 3.05) is 33.3 Å². The number of nitrogens with zero attached hydrogens (tertiary/aromatic N) is 2. The van der Waals surface area contributed by atoms with E-state index in [1.165, 1.54) is 5.56 Å². The summed E-state index contributed by atoms with van der Waals surface area (Å²) in [7, 11) is 1.94. The van der Waals surface area contributed by atoms with Gasteiger partial charge >= 0.3 is 5.97 Å². The fourth-order valence-electron chi connectivity index (χ4n) is 2.94. The Kier molecular flexibility index (Phi) is 6.59. The molecule has 0 bridgehead atoms. The molecule has 2 rings (SSSR count). The molecule has 1 saturated heterocycles. The monoisotopic (exact) mass is 318 g/mol. The van der Waals surface area contributed by atoms with Crippen LogP contribution in [0.4, 0.5) is 0 Å². The number of benzene rings is 1. The number of piperidine rings is 1. The number of rotatable bonds is 6. The maximum Gasteiger partial charge on any atom is 0.310 e. The third kappa shape index (κ3) is 5.36. The fourth-order valence-corrected chi connectivity index (χ4v) is 2.94. The van der Waals surface area contributed by atoms with Crippen molar-refractivity contribution in [3.8, 4) is 0 Å². The smallest absolute Gasteiger partial charge is 0.310 e. The minimum Gasteiger partial charge on any atom is -0.466 e. The molecule has 1 atom stereocenters. The highest BCUT2D eigenvalue weighted by Gasteiger charge is 2.29. The van der Waals surface area contributed by atoms with Crippen LogP contribution in [0.3, 0.4) is 0 Å². The van der Waals surface area contributed by atoms with Gasteiger partial charge in [0.2, 0.25) is 5.91 Å². The highest BCUT2D eigenvalue weighted by Crippen LogP contribution is 2.18. The Morgan fingerprint density at radius 1 is 1.30 bits per heavy atom. The molecule has 0 spiro atoms. The van der Waals surface area contributed by atoms with Gasteiger partial charge in [0.1, 0.15) is 0 Å². The Morgan fingerprint density at radius 3 is 2.74 bits per heavy atom. The predicted molar refractivity (Wildman–Crippen MR) is 88.7 cm³/mol. The molecule has 1 unspecified atom stereocenters. The summed E-state index contributed by atoms with van der Waals surface area (Å²) in [5, 5.41) is 0. The summed E-state index contributed by atoms with van der Waals surface area (Å²) in [5.74, 6) is -0.271. The van der Waals surface area contributed by atoms with Gasteiger partial charge < -0.3 is 9.64 Å². The van der Waals surface area contributed by atoms with Crippen molar-refractivity contribution in [1.29, 1.82) is 0 Å². The van der Waals surface area contributed by atoms with Crippen LogP contribution in [-0.2, 0) is 20.9 Å². The molecule has 1 heterocycles. The lowest BCUT2D eigenvalue weighted by atomic mass is 9.98. The second-order valence-corrected chi connectivity index (χ2v) is 6.09. The molecule has 1 aliphatic rings. The van der Waals surface area contributed by atoms with Crippen LogP contribution in [0.5, 0.6) is 0 Å². The van der Waals surface area contributed by atoms with Gasteiger partial charge in [0, 0.05) is 19.6 Å². The Bertz CT molecular complexity index is 518. The summed E-state index contributed by atoms with van der Waals surface area (Å²) in [5.41, 5.74) is 1.19. The molecular formula is C18H26N2O3. The lowest BCUT2D eigenvalue weighted by Crippen LogP contribution is -2.46. The number of carbonyl (C=O) groups excluding carboxylic acids is 2. The van der Waals surface area contributed by atoms with Gasteiger partial charge in [-0.1, -0.05) is 30.3 Å². The third-order valence-corrected chi connectivity index (χ3v) is 4.09. The van der Waals surface area contributed by atoms with E-state index in [1.807, 2.05) is 37.1 Å². The standard InChI is InChI=1S/C18H26N2O3/c1-3-23-18(22)16-10-7-11-20(13-16)17(21)14-19(2)12-15-8-5-4-6-9-15/h4-6,8-9,16H,3,7,10-14H2,1-2H3. The zero-order valence-electron chi connectivity index (χ0n) is 14.0. The molecule has 1 fully saturated rings. The first-order chi connectivity index (χ1) is 11.1. The van der Waals surface area contributed by atoms with Crippen molar-refractivity contribution in [3.63, 3.8) is 0 Å². The zero-order valence-corrected chi connectivity index (χ0v) is 14.0. The molecule has 126 valence electrons. The normalized spacial score (nSPS) is 18.0. The van der Waals surface area contributed by atoms with Gasteiger partial charge in [-0.05, 0) is 32.4 Å². The number of hydrogen-bond acceptors (Lipinski definition) is 4. The molecular weight excluding hydrogens is 292 g/mol. The summed E-state index contributed by atoms with van der Waals surface area (Å²) in [6.45, 7) is 4.52. The van der Waals surface area contributed by atoms with Crippen LogP contribution in [0.15, 0.2) is 30.3 Å². The Balaban J connectivity index is 1.83. The van der Waals surface area contributed by atoms with Gasteiger partial charge in [-0.3, -0.25) is 14.5 Å². The van der Waals surface area contributed by atoms with Crippen molar-refractivity contribution in [2.24, 2.45) is 5.92 Å². The molecule has 0 aromatic heterocycles. The van der Waals surface area contributed by atoms with Crippen molar-refractivity contribution in [1.82, 2.24) is 9.80 Å². The lowest BCUT2D eigenvalue weighted by molar-refractivity contribution is -0.151. The first-order valence-electron chi connectivity index (χ1n) is 8.27. The molecule has 0 N–H and O–H groups in total. The number of esters is 1. The van der Waals surface area contributed by atoms with E-state index in [2.05, 4.69) is 12.1 Å². The number of ether oxygens (including phenoxy) is 1. The Labute approximate surface area is 138 Å². The third-order valence-electron chi connectivity index (χ3n) is 4.09. The number of likely N-dealkylation sites (tertiary alicyclic amines) is 1. The number of likely N-dealkylation sites (N-methyl/N-ethyl adjacent to an activating group) is 1. The molecule has 1 aromatic rings. The van der Waals surface area contributed by atoms with Crippen LogP contribution in [0.2, 0.25) is 0 Å². The van der Waals surface area contributed by atoms with Crippen LogP contribution >= 0.6 is 0 Å². The van der Waals surface area contributed by atoms with E-state index >= 15 is 0 Å². The highest BCUT2D eigenvalue weighted by atomic mass is 16.5. The van der Waals surface area contributed by atoms with Gasteiger partial charge in [-0.2, -0.15) is 0 Å². The van der Waals surface area contributed by atoms with Crippen molar-refractivity contribution in [2.45, 2.75) is 26.3 Å². The van der Waals surface area contributed by atoms with Crippen LogP contribution in [0.1, 0.15) is 25.3 Å². The number of hydrogen-bond donors (Lipinski definition) is 0. The second-order valence-electron chi connectivity index (χ2n) is 6.09. The maximum absolute atomic E-state index is 12.5. The first kappa shape index (κ1) is 17.5. The first-order valence-corrected chi connectivity index (χ1v) is 8.27. The summed E-state index contributed by atoms with van der Waals surface area (Å²) in [4.78, 5) is 28.1. The quantitative estimate of drug-likeness (QED) is 0.752. The molecule has 0 saturated carbocycles. The fraction of sp³-hybridized carbons (Fsp3) is 0.556. The molecule has 23 heavy (non-hydrogen) atoms. The van der Waals surface area contributed by atoms with Crippen LogP contribution < -0.4 is 0 Å². The minimum atomic E-state index is -0.178. The van der Waals surface area contributed by atoms with Crippen molar-refractivity contribution < 1.29 is 14.3 Å². The Hall–Kier alpha value is -1.88. The van der Waals surface area contributed by atoms with Gasteiger partial charge in [0.25, 0.3) is 0 Å². The number of amides is 1. The second kappa shape index (κ2) is 8.67. The Morgan fingerprint density at radius 2 is 2.04 bits per heavy atom. The SMILES string of the molecule is CCOC(=O)C1CCCN(C(=O)CN(C)Cc2ccccc2)C1. The summed E-state index contributed by atoms with van der Waals surface area (Å²) < 4.78 is 5.08.